The molecule has 3 heteroatoms. The van der Waals surface area contributed by atoms with Gasteiger partial charge in [-0.2, -0.15) is 5.10 Å². The third-order valence-electron chi connectivity index (χ3n) is 2.87. The van der Waals surface area contributed by atoms with Crippen LogP contribution in [0.15, 0.2) is 77.2 Å². The highest BCUT2D eigenvalue weighted by atomic mass is 32.1. The molecule has 0 spiro atoms. The van der Waals surface area contributed by atoms with Gasteiger partial charge in [-0.05, 0) is 40.8 Å². The van der Waals surface area contributed by atoms with Crippen molar-refractivity contribution in [2.24, 2.45) is 5.10 Å². The van der Waals surface area contributed by atoms with Gasteiger partial charge in [0.1, 0.15) is 0 Å². The third-order valence-corrected chi connectivity index (χ3v) is 3.79. The molecule has 0 aliphatic carbocycles. The molecule has 20 heavy (non-hydrogen) atoms. The molecule has 0 saturated heterocycles. The Morgan fingerprint density at radius 2 is 1.80 bits per heavy atom. The number of thiophene rings is 1. The van der Waals surface area contributed by atoms with Crippen molar-refractivity contribution in [2.45, 2.75) is 0 Å². The maximum Gasteiger partial charge on any atom is 0.0561 e. The maximum absolute atomic E-state index is 4.26. The molecule has 2 nitrogen and oxygen atoms in total. The molecule has 2 aromatic carbocycles. The van der Waals surface area contributed by atoms with Crippen molar-refractivity contribution in [1.29, 1.82) is 0 Å². The summed E-state index contributed by atoms with van der Waals surface area (Å²) in [6.07, 6.45) is 1.84. The van der Waals surface area contributed by atoms with E-state index in [9.17, 15) is 0 Å². The average molecular weight is 278 g/mol. The van der Waals surface area contributed by atoms with Crippen LogP contribution in [-0.4, -0.2) is 6.21 Å². The molecule has 0 saturated carbocycles. The van der Waals surface area contributed by atoms with Gasteiger partial charge in [-0.3, -0.25) is 5.43 Å². The van der Waals surface area contributed by atoms with Crippen molar-refractivity contribution >= 4 is 23.2 Å². The van der Waals surface area contributed by atoms with E-state index in [-0.39, 0.29) is 0 Å². The van der Waals surface area contributed by atoms with Crippen molar-refractivity contribution in [2.75, 3.05) is 5.43 Å². The van der Waals surface area contributed by atoms with E-state index in [0.29, 0.717) is 0 Å². The number of nitrogens with zero attached hydrogens (tertiary/aromatic N) is 1. The van der Waals surface area contributed by atoms with E-state index < -0.39 is 0 Å². The zero-order chi connectivity index (χ0) is 13.6. The summed E-state index contributed by atoms with van der Waals surface area (Å²) in [7, 11) is 0. The Morgan fingerprint density at radius 3 is 2.60 bits per heavy atom. The average Bonchev–Trinajstić information content (AvgIpc) is 3.03. The quantitative estimate of drug-likeness (QED) is 0.535. The highest BCUT2D eigenvalue weighted by Gasteiger charge is 1.98. The van der Waals surface area contributed by atoms with E-state index in [1.165, 1.54) is 10.4 Å². The van der Waals surface area contributed by atoms with Crippen LogP contribution in [0, 0.1) is 0 Å². The van der Waals surface area contributed by atoms with Crippen molar-refractivity contribution in [3.05, 3.63) is 77.7 Å². The lowest BCUT2D eigenvalue weighted by atomic mass is 10.1. The van der Waals surface area contributed by atoms with Crippen LogP contribution in [0.2, 0.25) is 0 Å². The fourth-order valence-electron chi connectivity index (χ4n) is 1.91. The molecule has 1 aromatic heterocycles. The molecule has 3 aromatic rings. The Bertz CT molecular complexity index is 688. The predicted molar refractivity (Wildman–Crippen MR) is 87.4 cm³/mol. The summed E-state index contributed by atoms with van der Waals surface area (Å²) in [4.78, 5) is 1.27. The number of hydrogen-bond acceptors (Lipinski definition) is 3. The van der Waals surface area contributed by atoms with Crippen LogP contribution in [0.25, 0.3) is 10.4 Å². The Morgan fingerprint density at radius 1 is 0.900 bits per heavy atom. The number of benzene rings is 2. The summed E-state index contributed by atoms with van der Waals surface area (Å²) >= 11 is 1.75. The SMILES string of the molecule is C(=NNc1ccccc1)c1cccc(-c2cccs2)c1. The van der Waals surface area contributed by atoms with Gasteiger partial charge < -0.3 is 0 Å². The Balaban J connectivity index is 1.73. The van der Waals surface area contributed by atoms with Gasteiger partial charge in [-0.25, -0.2) is 0 Å². The minimum Gasteiger partial charge on any atom is -0.279 e. The number of nitrogens with one attached hydrogen (secondary N) is 1. The lowest BCUT2D eigenvalue weighted by Crippen LogP contribution is -1.90. The van der Waals surface area contributed by atoms with E-state index in [2.05, 4.69) is 46.2 Å². The van der Waals surface area contributed by atoms with E-state index in [1.807, 2.05) is 42.6 Å². The van der Waals surface area contributed by atoms with Crippen LogP contribution in [0.4, 0.5) is 5.69 Å². The van der Waals surface area contributed by atoms with Crippen LogP contribution < -0.4 is 5.43 Å². The maximum atomic E-state index is 4.26. The van der Waals surface area contributed by atoms with Gasteiger partial charge in [-0.15, -0.1) is 11.3 Å². The Kier molecular flexibility index (Phi) is 3.90. The number of para-hydroxylation sites is 1. The van der Waals surface area contributed by atoms with Crippen LogP contribution in [0.1, 0.15) is 5.56 Å². The molecule has 0 aliphatic heterocycles. The Hall–Kier alpha value is -2.39. The molecule has 1 N–H and O–H groups in total. The highest BCUT2D eigenvalue weighted by molar-refractivity contribution is 7.13. The van der Waals surface area contributed by atoms with Crippen molar-refractivity contribution in [3.8, 4) is 10.4 Å². The first kappa shape index (κ1) is 12.6. The van der Waals surface area contributed by atoms with E-state index in [0.717, 1.165) is 11.3 Å². The molecule has 0 amide bonds. The van der Waals surface area contributed by atoms with Crippen LogP contribution in [0.3, 0.4) is 0 Å². The lowest BCUT2D eigenvalue weighted by molar-refractivity contribution is 1.35. The third kappa shape index (κ3) is 3.13. The summed E-state index contributed by atoms with van der Waals surface area (Å²) in [5.74, 6) is 0. The van der Waals surface area contributed by atoms with E-state index in [4.69, 9.17) is 0 Å². The minimum atomic E-state index is 0.984. The van der Waals surface area contributed by atoms with E-state index >= 15 is 0 Å². The normalized spacial score (nSPS) is 10.8. The molecule has 98 valence electrons. The van der Waals surface area contributed by atoms with Gasteiger partial charge in [0.15, 0.2) is 0 Å². The molecule has 0 aliphatic rings. The number of anilines is 1. The number of hydrogen-bond donors (Lipinski definition) is 1. The molecule has 3 rings (SSSR count). The summed E-state index contributed by atoms with van der Waals surface area (Å²) in [5.41, 5.74) is 6.31. The van der Waals surface area contributed by atoms with Crippen LogP contribution in [-0.2, 0) is 0 Å². The molecule has 0 bridgehead atoms. The van der Waals surface area contributed by atoms with Crippen LogP contribution in [0.5, 0.6) is 0 Å². The Labute approximate surface area is 122 Å². The van der Waals surface area contributed by atoms with Gasteiger partial charge in [0.2, 0.25) is 0 Å². The molecule has 0 unspecified atom stereocenters. The first-order chi connectivity index (χ1) is 9.92. The second-order valence-corrected chi connectivity index (χ2v) is 5.29. The second-order valence-electron chi connectivity index (χ2n) is 4.34. The van der Waals surface area contributed by atoms with Gasteiger partial charge in [0.25, 0.3) is 0 Å². The first-order valence-electron chi connectivity index (χ1n) is 6.40. The van der Waals surface area contributed by atoms with Crippen molar-refractivity contribution < 1.29 is 0 Å². The fraction of sp³-hybridized carbons (Fsp3) is 0. The zero-order valence-electron chi connectivity index (χ0n) is 10.9. The molecule has 1 heterocycles. The summed E-state index contributed by atoms with van der Waals surface area (Å²) in [6.45, 7) is 0. The smallest absolute Gasteiger partial charge is 0.0561 e. The number of hydrazone groups is 1. The molecular formula is C17H14N2S. The monoisotopic (exact) mass is 278 g/mol. The molecule has 0 fully saturated rings. The summed E-state index contributed by atoms with van der Waals surface area (Å²) in [5, 5.41) is 6.35. The van der Waals surface area contributed by atoms with Gasteiger partial charge in [0.05, 0.1) is 11.9 Å². The van der Waals surface area contributed by atoms with Gasteiger partial charge in [0, 0.05) is 4.88 Å². The zero-order valence-corrected chi connectivity index (χ0v) is 11.7. The van der Waals surface area contributed by atoms with Crippen molar-refractivity contribution in [3.63, 3.8) is 0 Å². The fourth-order valence-corrected chi connectivity index (χ4v) is 2.63. The largest absolute Gasteiger partial charge is 0.279 e. The van der Waals surface area contributed by atoms with Crippen LogP contribution >= 0.6 is 11.3 Å². The topological polar surface area (TPSA) is 24.4 Å². The standard InChI is InChI=1S/C17H14N2S/c1-2-8-16(9-3-1)19-18-13-14-6-4-7-15(12-14)17-10-5-11-20-17/h1-13,19H. The highest BCUT2D eigenvalue weighted by Crippen LogP contribution is 2.24. The van der Waals surface area contributed by atoms with Gasteiger partial charge in [-0.1, -0.05) is 42.5 Å². The molecule has 0 atom stereocenters. The van der Waals surface area contributed by atoms with E-state index in [1.54, 1.807) is 11.3 Å². The van der Waals surface area contributed by atoms with Gasteiger partial charge >= 0.3 is 0 Å². The minimum absolute atomic E-state index is 0.984. The number of rotatable bonds is 4. The lowest BCUT2D eigenvalue weighted by Gasteiger charge is -2.00. The second kappa shape index (κ2) is 6.17. The first-order valence-corrected chi connectivity index (χ1v) is 7.28. The summed E-state index contributed by atoms with van der Waals surface area (Å²) in [6, 6.07) is 22.5. The molecule has 0 radical (unpaired) electrons. The van der Waals surface area contributed by atoms with Crippen molar-refractivity contribution in [1.82, 2.24) is 0 Å². The summed E-state index contributed by atoms with van der Waals surface area (Å²) < 4.78 is 0. The molecular weight excluding hydrogens is 264 g/mol. The predicted octanol–water partition coefficient (Wildman–Crippen LogP) is 4.86.